The zero-order chi connectivity index (χ0) is 13.8. The maximum absolute atomic E-state index is 5.11. The minimum atomic E-state index is 0.361. The first-order chi connectivity index (χ1) is 9.84. The number of benzene rings is 1. The molecule has 1 aromatic heterocycles. The molecule has 1 aromatic carbocycles. The van der Waals surface area contributed by atoms with Gasteiger partial charge in [-0.1, -0.05) is 18.2 Å². The second kappa shape index (κ2) is 6.14. The molecule has 0 spiro atoms. The standard InChI is InChI=1S/C17H22N2O/c1-14(16-8-12-20-13-16)18-9-4-10-19-11-7-15-5-2-3-6-17(15)19/h2-3,5-6,8,12-14,18H,4,7,9-11H2,1H3. The smallest absolute Gasteiger partial charge is 0.0950 e. The number of rotatable bonds is 6. The van der Waals surface area contributed by atoms with E-state index in [-0.39, 0.29) is 0 Å². The van der Waals surface area contributed by atoms with Crippen molar-refractivity contribution in [3.63, 3.8) is 0 Å². The number of para-hydroxylation sites is 1. The second-order valence-electron chi connectivity index (χ2n) is 5.45. The molecule has 3 heteroatoms. The van der Waals surface area contributed by atoms with Crippen LogP contribution in [-0.2, 0) is 6.42 Å². The highest BCUT2D eigenvalue weighted by atomic mass is 16.3. The number of fused-ring (bicyclic) bond motifs is 1. The lowest BCUT2D eigenvalue weighted by atomic mass is 10.2. The van der Waals surface area contributed by atoms with Crippen LogP contribution in [0.4, 0.5) is 5.69 Å². The van der Waals surface area contributed by atoms with Crippen molar-refractivity contribution < 1.29 is 4.42 Å². The first-order valence-electron chi connectivity index (χ1n) is 7.43. The SMILES string of the molecule is CC(NCCCN1CCc2ccccc21)c1ccoc1. The lowest BCUT2D eigenvalue weighted by Crippen LogP contribution is -2.26. The summed E-state index contributed by atoms with van der Waals surface area (Å²) >= 11 is 0. The van der Waals surface area contributed by atoms with Gasteiger partial charge in [0.15, 0.2) is 0 Å². The minimum Gasteiger partial charge on any atom is -0.472 e. The molecule has 1 aliphatic rings. The van der Waals surface area contributed by atoms with Gasteiger partial charge in [-0.25, -0.2) is 0 Å². The highest BCUT2D eigenvalue weighted by Gasteiger charge is 2.17. The summed E-state index contributed by atoms with van der Waals surface area (Å²) in [4.78, 5) is 2.50. The molecule has 1 aliphatic heterocycles. The highest BCUT2D eigenvalue weighted by Crippen LogP contribution is 2.27. The summed E-state index contributed by atoms with van der Waals surface area (Å²) in [5.41, 5.74) is 4.14. The summed E-state index contributed by atoms with van der Waals surface area (Å²) in [6.45, 7) is 5.50. The quantitative estimate of drug-likeness (QED) is 0.816. The van der Waals surface area contributed by atoms with Crippen LogP contribution in [0.15, 0.2) is 47.3 Å². The van der Waals surface area contributed by atoms with E-state index in [2.05, 4.69) is 41.4 Å². The summed E-state index contributed by atoms with van der Waals surface area (Å²) in [5, 5.41) is 3.55. The number of hydrogen-bond donors (Lipinski definition) is 1. The Hall–Kier alpha value is -1.74. The molecule has 0 fully saturated rings. The zero-order valence-corrected chi connectivity index (χ0v) is 12.0. The minimum absolute atomic E-state index is 0.361. The topological polar surface area (TPSA) is 28.4 Å². The Labute approximate surface area is 120 Å². The van der Waals surface area contributed by atoms with Crippen LogP contribution in [0.5, 0.6) is 0 Å². The Bertz CT molecular complexity index is 536. The monoisotopic (exact) mass is 270 g/mol. The summed E-state index contributed by atoms with van der Waals surface area (Å²) in [6.07, 6.45) is 5.90. The Morgan fingerprint density at radius 2 is 2.20 bits per heavy atom. The van der Waals surface area contributed by atoms with Crippen molar-refractivity contribution in [3.05, 3.63) is 54.0 Å². The Morgan fingerprint density at radius 1 is 1.30 bits per heavy atom. The fourth-order valence-electron chi connectivity index (χ4n) is 2.87. The molecular weight excluding hydrogens is 248 g/mol. The fourth-order valence-corrected chi connectivity index (χ4v) is 2.87. The van der Waals surface area contributed by atoms with E-state index in [1.54, 1.807) is 6.26 Å². The molecule has 0 radical (unpaired) electrons. The van der Waals surface area contributed by atoms with Crippen LogP contribution < -0.4 is 10.2 Å². The van der Waals surface area contributed by atoms with Crippen molar-refractivity contribution in [2.75, 3.05) is 24.5 Å². The molecule has 0 saturated heterocycles. The first kappa shape index (κ1) is 13.3. The molecule has 0 amide bonds. The van der Waals surface area contributed by atoms with Gasteiger partial charge in [-0.05, 0) is 44.0 Å². The van der Waals surface area contributed by atoms with Crippen LogP contribution in [-0.4, -0.2) is 19.6 Å². The van der Waals surface area contributed by atoms with Crippen molar-refractivity contribution in [1.82, 2.24) is 5.32 Å². The predicted molar refractivity (Wildman–Crippen MR) is 82.1 cm³/mol. The van der Waals surface area contributed by atoms with E-state index in [1.807, 2.05) is 12.3 Å². The highest BCUT2D eigenvalue weighted by molar-refractivity contribution is 5.57. The van der Waals surface area contributed by atoms with Gasteiger partial charge in [0.2, 0.25) is 0 Å². The lowest BCUT2D eigenvalue weighted by Gasteiger charge is -2.20. The van der Waals surface area contributed by atoms with E-state index in [1.165, 1.54) is 23.2 Å². The van der Waals surface area contributed by atoms with Gasteiger partial charge in [0.1, 0.15) is 0 Å². The van der Waals surface area contributed by atoms with Crippen molar-refractivity contribution in [2.24, 2.45) is 0 Å². The molecule has 0 aliphatic carbocycles. The third kappa shape index (κ3) is 2.88. The van der Waals surface area contributed by atoms with Crippen molar-refractivity contribution in [3.8, 4) is 0 Å². The molecule has 2 heterocycles. The Kier molecular flexibility index (Phi) is 4.07. The normalized spacial score (nSPS) is 15.3. The number of hydrogen-bond acceptors (Lipinski definition) is 3. The molecule has 1 N–H and O–H groups in total. The van der Waals surface area contributed by atoms with Gasteiger partial charge in [0, 0.05) is 30.4 Å². The Balaban J connectivity index is 1.43. The largest absolute Gasteiger partial charge is 0.472 e. The van der Waals surface area contributed by atoms with Crippen LogP contribution in [0, 0.1) is 0 Å². The molecule has 0 bridgehead atoms. The number of nitrogens with one attached hydrogen (secondary N) is 1. The maximum Gasteiger partial charge on any atom is 0.0950 e. The van der Waals surface area contributed by atoms with Gasteiger partial charge in [0.25, 0.3) is 0 Å². The van der Waals surface area contributed by atoms with Crippen LogP contribution in [0.25, 0.3) is 0 Å². The third-order valence-corrected chi connectivity index (χ3v) is 4.08. The average molecular weight is 270 g/mol. The lowest BCUT2D eigenvalue weighted by molar-refractivity contribution is 0.532. The Morgan fingerprint density at radius 3 is 3.05 bits per heavy atom. The molecule has 20 heavy (non-hydrogen) atoms. The molecule has 3 rings (SSSR count). The van der Waals surface area contributed by atoms with E-state index < -0.39 is 0 Å². The predicted octanol–water partition coefficient (Wildman–Crippen LogP) is 3.38. The van der Waals surface area contributed by atoms with E-state index in [0.29, 0.717) is 6.04 Å². The number of nitrogens with zero attached hydrogens (tertiary/aromatic N) is 1. The molecule has 1 atom stereocenters. The van der Waals surface area contributed by atoms with Crippen LogP contribution in [0.2, 0.25) is 0 Å². The van der Waals surface area contributed by atoms with Gasteiger partial charge in [-0.15, -0.1) is 0 Å². The van der Waals surface area contributed by atoms with E-state index >= 15 is 0 Å². The number of furan rings is 1. The van der Waals surface area contributed by atoms with Crippen molar-refractivity contribution in [2.45, 2.75) is 25.8 Å². The van der Waals surface area contributed by atoms with Gasteiger partial charge in [-0.2, -0.15) is 0 Å². The molecule has 0 saturated carbocycles. The van der Waals surface area contributed by atoms with Crippen LogP contribution >= 0.6 is 0 Å². The summed E-state index contributed by atoms with van der Waals surface area (Å²) in [6, 6.07) is 11.1. The van der Waals surface area contributed by atoms with E-state index in [4.69, 9.17) is 4.42 Å². The summed E-state index contributed by atoms with van der Waals surface area (Å²) in [7, 11) is 0. The molecular formula is C17H22N2O. The van der Waals surface area contributed by atoms with Gasteiger partial charge >= 0.3 is 0 Å². The van der Waals surface area contributed by atoms with E-state index in [0.717, 1.165) is 26.1 Å². The van der Waals surface area contributed by atoms with Crippen LogP contribution in [0.3, 0.4) is 0 Å². The first-order valence-corrected chi connectivity index (χ1v) is 7.43. The molecule has 2 aromatic rings. The summed E-state index contributed by atoms with van der Waals surface area (Å²) in [5.74, 6) is 0. The zero-order valence-electron chi connectivity index (χ0n) is 12.0. The summed E-state index contributed by atoms with van der Waals surface area (Å²) < 4.78 is 5.11. The second-order valence-corrected chi connectivity index (χ2v) is 5.45. The average Bonchev–Trinajstić information content (AvgIpc) is 3.13. The molecule has 106 valence electrons. The van der Waals surface area contributed by atoms with Gasteiger partial charge < -0.3 is 14.6 Å². The van der Waals surface area contributed by atoms with Crippen LogP contribution in [0.1, 0.15) is 30.5 Å². The van der Waals surface area contributed by atoms with Gasteiger partial charge in [-0.3, -0.25) is 0 Å². The maximum atomic E-state index is 5.11. The van der Waals surface area contributed by atoms with Crippen molar-refractivity contribution in [1.29, 1.82) is 0 Å². The third-order valence-electron chi connectivity index (χ3n) is 4.08. The molecule has 1 unspecified atom stereocenters. The van der Waals surface area contributed by atoms with Crippen molar-refractivity contribution >= 4 is 5.69 Å². The fraction of sp³-hybridized carbons (Fsp3) is 0.412. The number of anilines is 1. The molecule has 3 nitrogen and oxygen atoms in total. The van der Waals surface area contributed by atoms with E-state index in [9.17, 15) is 0 Å². The van der Waals surface area contributed by atoms with Gasteiger partial charge in [0.05, 0.1) is 12.5 Å².